The van der Waals surface area contributed by atoms with Crippen molar-refractivity contribution in [1.82, 2.24) is 20.2 Å². The van der Waals surface area contributed by atoms with E-state index in [2.05, 4.69) is 25.5 Å². The number of benzene rings is 1. The summed E-state index contributed by atoms with van der Waals surface area (Å²) in [7, 11) is 0. The lowest BCUT2D eigenvalue weighted by Gasteiger charge is -2.07. The van der Waals surface area contributed by atoms with Crippen LogP contribution >= 0.6 is 0 Å². The third-order valence-corrected chi connectivity index (χ3v) is 3.47. The molecule has 4 N–H and O–H groups in total. The molecule has 0 atom stereocenters. The molecule has 0 unspecified atom stereocenters. The van der Waals surface area contributed by atoms with E-state index in [1.54, 1.807) is 0 Å². The van der Waals surface area contributed by atoms with Gasteiger partial charge in [0.25, 0.3) is 11.1 Å². The van der Waals surface area contributed by atoms with Crippen LogP contribution in [-0.4, -0.2) is 26.7 Å². The lowest BCUT2D eigenvalue weighted by Crippen LogP contribution is -2.24. The normalized spacial score (nSPS) is 10.5. The van der Waals surface area contributed by atoms with E-state index in [1.165, 1.54) is 12.3 Å². The maximum Gasteiger partial charge on any atom is 0.325 e. The summed E-state index contributed by atoms with van der Waals surface area (Å²) < 4.78 is 0. The summed E-state index contributed by atoms with van der Waals surface area (Å²) in [6.45, 7) is 0.554. The van der Waals surface area contributed by atoms with E-state index in [4.69, 9.17) is 0 Å². The van der Waals surface area contributed by atoms with Gasteiger partial charge in [0, 0.05) is 12.7 Å². The van der Waals surface area contributed by atoms with Crippen LogP contribution in [0.15, 0.2) is 57.0 Å². The van der Waals surface area contributed by atoms with E-state index in [1.807, 2.05) is 30.3 Å². The molecule has 0 fully saturated rings. The fraction of sp³-hybridized carbons (Fsp3) is 0.125. The van der Waals surface area contributed by atoms with Crippen LogP contribution in [0, 0.1) is 0 Å². The molecule has 0 radical (unpaired) electrons. The van der Waals surface area contributed by atoms with Gasteiger partial charge < -0.3 is 10.3 Å². The second kappa shape index (κ2) is 6.78. The summed E-state index contributed by atoms with van der Waals surface area (Å²) in [5, 5.41) is 9.23. The zero-order chi connectivity index (χ0) is 16.9. The molecule has 8 nitrogen and oxygen atoms in total. The molecule has 3 rings (SSSR count). The summed E-state index contributed by atoms with van der Waals surface area (Å²) in [4.78, 5) is 39.2. The fourth-order valence-electron chi connectivity index (χ4n) is 2.26. The summed E-state index contributed by atoms with van der Waals surface area (Å²) >= 11 is 0. The number of rotatable bonds is 5. The second-order valence-electron chi connectivity index (χ2n) is 5.14. The number of anilines is 1. The molecule has 122 valence electrons. The molecule has 0 aliphatic heterocycles. The highest BCUT2D eigenvalue weighted by molar-refractivity contribution is 5.61. The number of nitrogens with one attached hydrogen (secondary N) is 4. The predicted molar refractivity (Wildman–Crippen MR) is 90.2 cm³/mol. The van der Waals surface area contributed by atoms with Gasteiger partial charge in [-0.3, -0.25) is 14.6 Å². The van der Waals surface area contributed by atoms with Gasteiger partial charge in [0.1, 0.15) is 5.69 Å². The Morgan fingerprint density at radius 3 is 2.58 bits per heavy atom. The zero-order valence-electron chi connectivity index (χ0n) is 12.6. The molecule has 0 saturated heterocycles. The molecule has 0 aliphatic rings. The van der Waals surface area contributed by atoms with Crippen molar-refractivity contribution in [3.05, 3.63) is 79.4 Å². The highest BCUT2D eigenvalue weighted by Crippen LogP contribution is 2.11. The predicted octanol–water partition coefficient (Wildman–Crippen LogP) is 0.468. The number of H-pyrrole nitrogens is 3. The average molecular weight is 325 g/mol. The Morgan fingerprint density at radius 1 is 1.04 bits per heavy atom. The van der Waals surface area contributed by atoms with Crippen molar-refractivity contribution in [3.63, 3.8) is 0 Å². The van der Waals surface area contributed by atoms with Crippen molar-refractivity contribution in [1.29, 1.82) is 0 Å². The molecule has 0 aliphatic carbocycles. The lowest BCUT2D eigenvalue weighted by molar-refractivity contribution is 0.960. The minimum Gasteiger partial charge on any atom is -0.380 e. The first-order valence-corrected chi connectivity index (χ1v) is 7.33. The van der Waals surface area contributed by atoms with Crippen LogP contribution in [0.3, 0.4) is 0 Å². The molecule has 0 saturated carbocycles. The Hall–Kier alpha value is -3.42. The lowest BCUT2D eigenvalue weighted by atomic mass is 10.1. The quantitative estimate of drug-likeness (QED) is 0.543. The minimum absolute atomic E-state index is 0.164. The fourth-order valence-corrected chi connectivity index (χ4v) is 2.26. The van der Waals surface area contributed by atoms with Crippen molar-refractivity contribution in [3.8, 4) is 11.3 Å². The smallest absolute Gasteiger partial charge is 0.325 e. The van der Waals surface area contributed by atoms with Gasteiger partial charge in [0.2, 0.25) is 0 Å². The standard InChI is InChI=1S/C16H15N5O3/c22-14-11(9-18-16(24)19-14)12-8-13(15(23)21-20-12)17-7-6-10-4-2-1-3-5-10/h1-5,8-9H,6-7H2,(H,17,20)(H,21,23)(H2,18,19,22,24). The van der Waals surface area contributed by atoms with Crippen molar-refractivity contribution in [2.45, 2.75) is 6.42 Å². The molecule has 8 heteroatoms. The Balaban J connectivity index is 1.80. The average Bonchev–Trinajstić information content (AvgIpc) is 2.58. The van der Waals surface area contributed by atoms with Gasteiger partial charge in [-0.2, -0.15) is 5.10 Å². The first-order chi connectivity index (χ1) is 11.6. The third-order valence-electron chi connectivity index (χ3n) is 3.47. The molecule has 2 heterocycles. The number of nitrogens with zero attached hydrogens (tertiary/aromatic N) is 1. The van der Waals surface area contributed by atoms with Crippen molar-refractivity contribution in [2.24, 2.45) is 0 Å². The van der Waals surface area contributed by atoms with Gasteiger partial charge in [-0.1, -0.05) is 30.3 Å². The Bertz CT molecular complexity index is 1000. The SMILES string of the molecule is O=c1[nH]cc(-c2cc(NCCc3ccccc3)c(=O)[nH]n2)c(=O)[nH]1. The van der Waals surface area contributed by atoms with Crippen LogP contribution in [0.4, 0.5) is 5.69 Å². The van der Waals surface area contributed by atoms with Gasteiger partial charge in [0.05, 0.1) is 11.3 Å². The third kappa shape index (κ3) is 3.49. The number of aromatic amines is 3. The van der Waals surface area contributed by atoms with Crippen LogP contribution < -0.4 is 22.1 Å². The van der Waals surface area contributed by atoms with Crippen LogP contribution in [-0.2, 0) is 6.42 Å². The van der Waals surface area contributed by atoms with Gasteiger partial charge in [-0.05, 0) is 18.1 Å². The molecule has 0 bridgehead atoms. The van der Waals surface area contributed by atoms with E-state index >= 15 is 0 Å². The van der Waals surface area contributed by atoms with Crippen LogP contribution in [0.2, 0.25) is 0 Å². The first kappa shape index (κ1) is 15.5. The van der Waals surface area contributed by atoms with Gasteiger partial charge in [0.15, 0.2) is 0 Å². The van der Waals surface area contributed by atoms with Gasteiger partial charge >= 0.3 is 5.69 Å². The van der Waals surface area contributed by atoms with E-state index in [-0.39, 0.29) is 16.8 Å². The minimum atomic E-state index is -0.602. The monoisotopic (exact) mass is 325 g/mol. The Morgan fingerprint density at radius 2 is 1.83 bits per heavy atom. The van der Waals surface area contributed by atoms with E-state index in [0.717, 1.165) is 12.0 Å². The van der Waals surface area contributed by atoms with E-state index in [0.29, 0.717) is 12.2 Å². The van der Waals surface area contributed by atoms with E-state index in [9.17, 15) is 14.4 Å². The van der Waals surface area contributed by atoms with Crippen molar-refractivity contribution in [2.75, 3.05) is 11.9 Å². The summed E-state index contributed by atoms with van der Waals surface area (Å²) in [5.74, 6) is 0. The summed E-state index contributed by atoms with van der Waals surface area (Å²) in [6, 6.07) is 11.3. The topological polar surface area (TPSA) is 124 Å². The Labute approximate surface area is 135 Å². The zero-order valence-corrected chi connectivity index (χ0v) is 12.6. The molecule has 24 heavy (non-hydrogen) atoms. The molecular weight excluding hydrogens is 310 g/mol. The van der Waals surface area contributed by atoms with E-state index < -0.39 is 11.2 Å². The highest BCUT2D eigenvalue weighted by Gasteiger charge is 2.09. The van der Waals surface area contributed by atoms with Gasteiger partial charge in [-0.15, -0.1) is 0 Å². The van der Waals surface area contributed by atoms with Crippen molar-refractivity contribution < 1.29 is 0 Å². The number of hydrogen-bond acceptors (Lipinski definition) is 5. The van der Waals surface area contributed by atoms with Gasteiger partial charge in [-0.25, -0.2) is 9.89 Å². The second-order valence-corrected chi connectivity index (χ2v) is 5.14. The molecule has 2 aromatic heterocycles. The highest BCUT2D eigenvalue weighted by atomic mass is 16.2. The first-order valence-electron chi connectivity index (χ1n) is 7.33. The molecule has 1 aromatic carbocycles. The van der Waals surface area contributed by atoms with Crippen LogP contribution in [0.1, 0.15) is 5.56 Å². The maximum atomic E-state index is 11.9. The Kier molecular flexibility index (Phi) is 4.37. The number of hydrogen-bond donors (Lipinski definition) is 4. The summed E-state index contributed by atoms with van der Waals surface area (Å²) in [6.07, 6.45) is 2.01. The maximum absolute atomic E-state index is 11.9. The van der Waals surface area contributed by atoms with Crippen LogP contribution in [0.25, 0.3) is 11.3 Å². The van der Waals surface area contributed by atoms with Crippen molar-refractivity contribution >= 4 is 5.69 Å². The molecule has 0 spiro atoms. The largest absolute Gasteiger partial charge is 0.380 e. The number of aromatic nitrogens is 4. The molecule has 3 aromatic rings. The molecule has 0 amide bonds. The van der Waals surface area contributed by atoms with Crippen LogP contribution in [0.5, 0.6) is 0 Å². The molecular formula is C16H15N5O3. The summed E-state index contributed by atoms with van der Waals surface area (Å²) in [5.41, 5.74) is 0.316.